The number of amides is 1. The second-order valence-corrected chi connectivity index (χ2v) is 8.15. The number of anilines is 1. The lowest BCUT2D eigenvalue weighted by atomic mass is 10.2. The van der Waals surface area contributed by atoms with Crippen molar-refractivity contribution in [3.63, 3.8) is 0 Å². The molecule has 2 aromatic rings. The van der Waals surface area contributed by atoms with Crippen molar-refractivity contribution < 1.29 is 22.7 Å². The largest absolute Gasteiger partial charge is 0.395 e. The predicted octanol–water partition coefficient (Wildman–Crippen LogP) is 3.12. The number of rotatable bonds is 7. The molecule has 0 aliphatic heterocycles. The zero-order chi connectivity index (χ0) is 20.2. The molecular formula is C18H20ClFN2O4S. The molecule has 2 rings (SSSR count). The number of benzene rings is 2. The highest BCUT2D eigenvalue weighted by atomic mass is 35.5. The number of nitrogens with one attached hydrogen (secondary N) is 1. The summed E-state index contributed by atoms with van der Waals surface area (Å²) < 4.78 is 40.0. The number of carbonyl (C=O) groups is 1. The molecule has 146 valence electrons. The molecule has 0 aromatic heterocycles. The average Bonchev–Trinajstić information content (AvgIpc) is 2.65. The van der Waals surface area contributed by atoms with Gasteiger partial charge in [0.25, 0.3) is 5.91 Å². The van der Waals surface area contributed by atoms with Gasteiger partial charge in [-0.25, -0.2) is 12.8 Å². The molecule has 0 heterocycles. The van der Waals surface area contributed by atoms with Gasteiger partial charge in [-0.15, -0.1) is 0 Å². The van der Waals surface area contributed by atoms with Crippen molar-refractivity contribution in [1.82, 2.24) is 4.31 Å². The van der Waals surface area contributed by atoms with Crippen molar-refractivity contribution in [2.45, 2.75) is 24.8 Å². The Labute approximate surface area is 162 Å². The van der Waals surface area contributed by atoms with E-state index in [1.165, 1.54) is 36.4 Å². The molecule has 2 aromatic carbocycles. The fraction of sp³-hybridized carbons (Fsp3) is 0.278. The smallest absolute Gasteiger partial charge is 0.255 e. The van der Waals surface area contributed by atoms with Crippen molar-refractivity contribution in [2.24, 2.45) is 0 Å². The Morgan fingerprint density at radius 3 is 2.59 bits per heavy atom. The fourth-order valence-electron chi connectivity index (χ4n) is 2.52. The molecule has 6 nitrogen and oxygen atoms in total. The Morgan fingerprint density at radius 1 is 1.30 bits per heavy atom. The number of aliphatic hydroxyl groups excluding tert-OH is 1. The quantitative estimate of drug-likeness (QED) is 0.728. The summed E-state index contributed by atoms with van der Waals surface area (Å²) in [6, 6.07) is 8.68. The Morgan fingerprint density at radius 2 is 2.00 bits per heavy atom. The maximum atomic E-state index is 13.2. The molecule has 1 unspecified atom stereocenters. The van der Waals surface area contributed by atoms with Crippen LogP contribution >= 0.6 is 11.6 Å². The Hall–Kier alpha value is -2.00. The van der Waals surface area contributed by atoms with Gasteiger partial charge in [-0.3, -0.25) is 4.79 Å². The number of likely N-dealkylation sites (N-methyl/N-ethyl adjacent to an activating group) is 1. The number of halogens is 2. The summed E-state index contributed by atoms with van der Waals surface area (Å²) in [6.45, 7) is 3.11. The number of sulfonamides is 1. The Balaban J connectivity index is 2.30. The third-order valence-electron chi connectivity index (χ3n) is 3.95. The SMILES string of the molecule is CCN(C(C)CO)S(=O)(=O)c1cccc(C(=O)Nc2ccc(F)c(Cl)c2)c1. The van der Waals surface area contributed by atoms with Gasteiger partial charge in [0.15, 0.2) is 0 Å². The number of hydrogen-bond acceptors (Lipinski definition) is 4. The average molecular weight is 415 g/mol. The van der Waals surface area contributed by atoms with Crippen LogP contribution in [0.3, 0.4) is 0 Å². The maximum absolute atomic E-state index is 13.2. The summed E-state index contributed by atoms with van der Waals surface area (Å²) in [5.41, 5.74) is 0.396. The molecule has 0 aliphatic carbocycles. The fourth-order valence-corrected chi connectivity index (χ4v) is 4.38. The maximum Gasteiger partial charge on any atom is 0.255 e. The van der Waals surface area contributed by atoms with Crippen molar-refractivity contribution in [3.8, 4) is 0 Å². The number of hydrogen-bond donors (Lipinski definition) is 2. The van der Waals surface area contributed by atoms with E-state index in [0.29, 0.717) is 0 Å². The number of aliphatic hydroxyl groups is 1. The van der Waals surface area contributed by atoms with Crippen LogP contribution in [-0.4, -0.2) is 42.9 Å². The van der Waals surface area contributed by atoms with Crippen LogP contribution in [-0.2, 0) is 10.0 Å². The minimum absolute atomic E-state index is 0.0607. The van der Waals surface area contributed by atoms with Crippen LogP contribution < -0.4 is 5.32 Å². The molecule has 0 saturated carbocycles. The van der Waals surface area contributed by atoms with Gasteiger partial charge in [-0.05, 0) is 43.3 Å². The van der Waals surface area contributed by atoms with Gasteiger partial charge in [0, 0.05) is 23.8 Å². The van der Waals surface area contributed by atoms with Crippen LogP contribution in [0.15, 0.2) is 47.4 Å². The van der Waals surface area contributed by atoms with E-state index in [2.05, 4.69) is 5.32 Å². The predicted molar refractivity (Wildman–Crippen MR) is 102 cm³/mol. The molecule has 2 N–H and O–H groups in total. The molecule has 0 bridgehead atoms. The van der Waals surface area contributed by atoms with Crippen LogP contribution in [0.4, 0.5) is 10.1 Å². The van der Waals surface area contributed by atoms with E-state index < -0.39 is 27.8 Å². The standard InChI is InChI=1S/C18H20ClFN2O4S/c1-3-22(12(2)11-23)27(25,26)15-6-4-5-13(9-15)18(24)21-14-7-8-17(20)16(19)10-14/h4-10,12,23H,3,11H2,1-2H3,(H,21,24). The summed E-state index contributed by atoms with van der Waals surface area (Å²) in [5.74, 6) is -1.17. The molecule has 27 heavy (non-hydrogen) atoms. The van der Waals surface area contributed by atoms with Gasteiger partial charge in [-0.1, -0.05) is 24.6 Å². The van der Waals surface area contributed by atoms with Gasteiger partial charge >= 0.3 is 0 Å². The molecule has 0 radical (unpaired) electrons. The monoisotopic (exact) mass is 414 g/mol. The van der Waals surface area contributed by atoms with Gasteiger partial charge in [-0.2, -0.15) is 4.31 Å². The number of carbonyl (C=O) groups excluding carboxylic acids is 1. The minimum Gasteiger partial charge on any atom is -0.395 e. The number of nitrogens with zero attached hydrogens (tertiary/aromatic N) is 1. The minimum atomic E-state index is -3.88. The van der Waals surface area contributed by atoms with Gasteiger partial charge in [0.1, 0.15) is 5.82 Å². The van der Waals surface area contributed by atoms with E-state index in [9.17, 15) is 22.7 Å². The van der Waals surface area contributed by atoms with Gasteiger partial charge in [0.05, 0.1) is 16.5 Å². The lowest BCUT2D eigenvalue weighted by molar-refractivity contribution is 0.102. The van der Waals surface area contributed by atoms with Gasteiger partial charge < -0.3 is 10.4 Å². The molecule has 0 fully saturated rings. The molecule has 1 amide bonds. The van der Waals surface area contributed by atoms with Gasteiger partial charge in [0.2, 0.25) is 10.0 Å². The third kappa shape index (κ3) is 4.84. The molecule has 1 atom stereocenters. The van der Waals surface area contributed by atoms with Crippen LogP contribution in [0.5, 0.6) is 0 Å². The summed E-state index contributed by atoms with van der Waals surface area (Å²) in [4.78, 5) is 12.4. The lowest BCUT2D eigenvalue weighted by Gasteiger charge is -2.25. The molecular weight excluding hydrogens is 395 g/mol. The van der Waals surface area contributed by atoms with E-state index in [0.717, 1.165) is 10.4 Å². The lowest BCUT2D eigenvalue weighted by Crippen LogP contribution is -2.40. The second kappa shape index (κ2) is 8.79. The summed E-state index contributed by atoms with van der Waals surface area (Å²) in [6.07, 6.45) is 0. The Bertz CT molecular complexity index is 937. The van der Waals surface area contributed by atoms with E-state index >= 15 is 0 Å². The first-order chi connectivity index (χ1) is 12.7. The van der Waals surface area contributed by atoms with E-state index in [-0.39, 0.29) is 34.3 Å². The molecule has 0 saturated heterocycles. The summed E-state index contributed by atoms with van der Waals surface area (Å²) in [7, 11) is -3.88. The van der Waals surface area contributed by atoms with E-state index in [1.807, 2.05) is 0 Å². The molecule has 0 aliphatic rings. The Kier molecular flexibility index (Phi) is 6.94. The van der Waals surface area contributed by atoms with Crippen LogP contribution in [0.25, 0.3) is 0 Å². The zero-order valence-corrected chi connectivity index (χ0v) is 16.4. The summed E-state index contributed by atoms with van der Waals surface area (Å²) >= 11 is 5.69. The van der Waals surface area contributed by atoms with Crippen molar-refractivity contribution in [1.29, 1.82) is 0 Å². The first-order valence-electron chi connectivity index (χ1n) is 8.19. The van der Waals surface area contributed by atoms with Crippen molar-refractivity contribution in [2.75, 3.05) is 18.5 Å². The van der Waals surface area contributed by atoms with Crippen LogP contribution in [0.1, 0.15) is 24.2 Å². The molecule has 0 spiro atoms. The topological polar surface area (TPSA) is 86.7 Å². The van der Waals surface area contributed by atoms with Crippen molar-refractivity contribution in [3.05, 3.63) is 58.9 Å². The third-order valence-corrected chi connectivity index (χ3v) is 6.32. The van der Waals surface area contributed by atoms with E-state index in [1.54, 1.807) is 13.8 Å². The van der Waals surface area contributed by atoms with E-state index in [4.69, 9.17) is 11.6 Å². The highest BCUT2D eigenvalue weighted by Gasteiger charge is 2.27. The zero-order valence-electron chi connectivity index (χ0n) is 14.8. The normalized spacial score (nSPS) is 12.8. The highest BCUT2D eigenvalue weighted by Crippen LogP contribution is 2.22. The molecule has 9 heteroatoms. The first kappa shape index (κ1) is 21.3. The highest BCUT2D eigenvalue weighted by molar-refractivity contribution is 7.89. The summed E-state index contributed by atoms with van der Waals surface area (Å²) in [5, 5.41) is 11.7. The van der Waals surface area contributed by atoms with Crippen LogP contribution in [0.2, 0.25) is 5.02 Å². The van der Waals surface area contributed by atoms with Crippen molar-refractivity contribution >= 4 is 33.2 Å². The first-order valence-corrected chi connectivity index (χ1v) is 10.0. The van der Waals surface area contributed by atoms with Crippen LogP contribution in [0, 0.1) is 5.82 Å². The second-order valence-electron chi connectivity index (χ2n) is 5.85.